The summed E-state index contributed by atoms with van der Waals surface area (Å²) in [5.41, 5.74) is -2.96. The molecule has 11 heteroatoms. The normalized spacial score (nSPS) is 24.2. The number of rotatable bonds is 9. The molecule has 0 aliphatic heterocycles. The highest BCUT2D eigenvalue weighted by Gasteiger charge is 2.42. The maximum Gasteiger partial charge on any atom is 0.416 e. The van der Waals surface area contributed by atoms with Gasteiger partial charge in [0.2, 0.25) is 0 Å². The van der Waals surface area contributed by atoms with Gasteiger partial charge in [0, 0.05) is 17.7 Å². The first-order chi connectivity index (χ1) is 14.8. The van der Waals surface area contributed by atoms with Crippen molar-refractivity contribution in [3.63, 3.8) is 0 Å². The van der Waals surface area contributed by atoms with Crippen molar-refractivity contribution in [3.05, 3.63) is 41.5 Å². The summed E-state index contributed by atoms with van der Waals surface area (Å²) in [5.74, 6) is -2.40. The van der Waals surface area contributed by atoms with Crippen LogP contribution >= 0.6 is 11.6 Å². The molecule has 4 nitrogen and oxygen atoms in total. The highest BCUT2D eigenvalue weighted by atomic mass is 35.5. The topological polar surface area (TPSA) is 66.8 Å². The fourth-order valence-corrected chi connectivity index (χ4v) is 4.11. The van der Waals surface area contributed by atoms with E-state index in [1.807, 2.05) is 0 Å². The lowest BCUT2D eigenvalue weighted by Gasteiger charge is -2.23. The first kappa shape index (κ1) is 26.3. The van der Waals surface area contributed by atoms with E-state index >= 15 is 0 Å². The molecule has 0 saturated heterocycles. The van der Waals surface area contributed by atoms with E-state index in [1.165, 1.54) is 0 Å². The van der Waals surface area contributed by atoms with E-state index in [0.29, 0.717) is 31.4 Å². The van der Waals surface area contributed by atoms with Crippen LogP contribution in [0.4, 0.5) is 26.3 Å². The van der Waals surface area contributed by atoms with Crippen molar-refractivity contribution in [2.45, 2.75) is 55.9 Å². The lowest BCUT2D eigenvalue weighted by atomic mass is 9.92. The highest BCUT2D eigenvalue weighted by Crippen LogP contribution is 2.41. The number of allylic oxidation sites excluding steroid dienone is 2. The molecule has 0 amide bonds. The molecule has 0 radical (unpaired) electrons. The van der Waals surface area contributed by atoms with Gasteiger partial charge in [-0.25, -0.2) is 0 Å². The van der Waals surface area contributed by atoms with Gasteiger partial charge in [-0.2, -0.15) is 26.3 Å². The third-order valence-corrected chi connectivity index (χ3v) is 5.82. The van der Waals surface area contributed by atoms with Crippen LogP contribution in [0, 0.1) is 11.8 Å². The van der Waals surface area contributed by atoms with Gasteiger partial charge in [-0.1, -0.05) is 12.2 Å². The van der Waals surface area contributed by atoms with Gasteiger partial charge in [0.05, 0.1) is 23.8 Å². The summed E-state index contributed by atoms with van der Waals surface area (Å²) < 4.78 is 83.3. The van der Waals surface area contributed by atoms with E-state index in [2.05, 4.69) is 0 Å². The third-order valence-electron chi connectivity index (χ3n) is 5.32. The summed E-state index contributed by atoms with van der Waals surface area (Å²) in [4.78, 5) is 10.5. The number of carbonyl (C=O) groups is 1. The summed E-state index contributed by atoms with van der Waals surface area (Å²) in [7, 11) is 0. The number of ether oxygens (including phenoxy) is 1. The van der Waals surface area contributed by atoms with E-state index in [4.69, 9.17) is 21.4 Å². The SMILES string of the molecule is O=C(O)CCC/C=C\C[C@@H]1[C@@H](COc2cc(C(F)(F)F)cc(C(F)(F)F)c2)[C@H](O)C[C@H]1Cl. The van der Waals surface area contributed by atoms with Gasteiger partial charge in [0.15, 0.2) is 0 Å². The minimum Gasteiger partial charge on any atom is -0.493 e. The zero-order valence-corrected chi connectivity index (χ0v) is 17.6. The molecular formula is C21H23ClF6O4. The molecule has 2 N–H and O–H groups in total. The van der Waals surface area contributed by atoms with E-state index in [9.17, 15) is 36.2 Å². The molecule has 1 aliphatic carbocycles. The number of aliphatic hydroxyl groups is 1. The molecule has 1 fully saturated rings. The number of halogens is 7. The van der Waals surface area contributed by atoms with Crippen molar-refractivity contribution in [3.8, 4) is 5.75 Å². The van der Waals surface area contributed by atoms with Crippen molar-refractivity contribution < 1.29 is 46.1 Å². The van der Waals surface area contributed by atoms with Crippen LogP contribution in [0.15, 0.2) is 30.4 Å². The molecule has 1 aromatic rings. The summed E-state index contributed by atoms with van der Waals surface area (Å²) >= 11 is 6.28. The Labute approximate surface area is 185 Å². The Morgan fingerprint density at radius 3 is 2.19 bits per heavy atom. The van der Waals surface area contributed by atoms with Crippen LogP contribution in [0.25, 0.3) is 0 Å². The second-order valence-electron chi connectivity index (χ2n) is 7.69. The Morgan fingerprint density at radius 2 is 1.66 bits per heavy atom. The zero-order chi connectivity index (χ0) is 24.1. The van der Waals surface area contributed by atoms with Crippen LogP contribution in [-0.4, -0.2) is 34.3 Å². The molecule has 0 unspecified atom stereocenters. The van der Waals surface area contributed by atoms with Crippen molar-refractivity contribution in [2.75, 3.05) is 6.61 Å². The number of aliphatic carboxylic acids is 1. The van der Waals surface area contributed by atoms with Crippen LogP contribution in [0.2, 0.25) is 0 Å². The average molecular weight is 489 g/mol. The zero-order valence-electron chi connectivity index (χ0n) is 16.8. The molecule has 2 rings (SSSR count). The second-order valence-corrected chi connectivity index (χ2v) is 8.25. The number of carboxylic acids is 1. The van der Waals surface area contributed by atoms with Gasteiger partial charge >= 0.3 is 18.3 Å². The molecule has 32 heavy (non-hydrogen) atoms. The lowest BCUT2D eigenvalue weighted by Crippen LogP contribution is -2.27. The van der Waals surface area contributed by atoms with Gasteiger partial charge in [-0.15, -0.1) is 11.6 Å². The van der Waals surface area contributed by atoms with Crippen molar-refractivity contribution in [1.29, 1.82) is 0 Å². The standard InChI is InChI=1S/C21H23ClF6O4/c22-17-10-18(29)16(15(17)5-3-1-2-4-6-19(30)31)11-32-14-8-12(20(23,24)25)7-13(9-14)21(26,27)28/h1,3,7-9,15-18,29H,2,4-6,10-11H2,(H,30,31)/b3-1-/t15-,16-,17-,18-/m1/s1. The maximum atomic E-state index is 13.0. The molecule has 0 bridgehead atoms. The highest BCUT2D eigenvalue weighted by molar-refractivity contribution is 6.21. The molecule has 1 aromatic carbocycles. The minimum atomic E-state index is -4.98. The fourth-order valence-electron chi connectivity index (χ4n) is 3.64. The smallest absolute Gasteiger partial charge is 0.416 e. The van der Waals surface area contributed by atoms with Crippen LogP contribution in [0.1, 0.15) is 43.2 Å². The van der Waals surface area contributed by atoms with Gasteiger partial charge in [-0.05, 0) is 49.8 Å². The largest absolute Gasteiger partial charge is 0.493 e. The molecule has 0 spiro atoms. The van der Waals surface area contributed by atoms with E-state index in [0.717, 1.165) is 0 Å². The van der Waals surface area contributed by atoms with Gasteiger partial charge < -0.3 is 14.9 Å². The molecule has 4 atom stereocenters. The number of alkyl halides is 7. The summed E-state index contributed by atoms with van der Waals surface area (Å²) in [6.45, 7) is -0.305. The Bertz CT molecular complexity index is 776. The van der Waals surface area contributed by atoms with Crippen LogP contribution in [0.5, 0.6) is 5.75 Å². The summed E-state index contributed by atoms with van der Waals surface area (Å²) in [6, 6.07) is 1.00. The van der Waals surface area contributed by atoms with Gasteiger partial charge in [0.1, 0.15) is 5.75 Å². The van der Waals surface area contributed by atoms with Gasteiger partial charge in [-0.3, -0.25) is 4.79 Å². The molecular weight excluding hydrogens is 466 g/mol. The van der Waals surface area contributed by atoms with Gasteiger partial charge in [0.25, 0.3) is 0 Å². The first-order valence-corrected chi connectivity index (χ1v) is 10.3. The predicted octanol–water partition coefficient (Wildman–Crippen LogP) is 5.91. The van der Waals surface area contributed by atoms with E-state index < -0.39 is 52.6 Å². The van der Waals surface area contributed by atoms with E-state index in [-0.39, 0.29) is 31.4 Å². The Morgan fingerprint density at radius 1 is 1.06 bits per heavy atom. The van der Waals surface area contributed by atoms with Crippen molar-refractivity contribution in [2.24, 2.45) is 11.8 Å². The molecule has 180 valence electrons. The molecule has 0 heterocycles. The van der Waals surface area contributed by atoms with Crippen molar-refractivity contribution in [1.82, 2.24) is 0 Å². The Hall–Kier alpha value is -1.94. The summed E-state index contributed by atoms with van der Waals surface area (Å²) in [6.07, 6.45) is -5.72. The van der Waals surface area contributed by atoms with Crippen LogP contribution < -0.4 is 4.74 Å². The minimum absolute atomic E-state index is 0.0179. The molecule has 0 aromatic heterocycles. The summed E-state index contributed by atoms with van der Waals surface area (Å²) in [5, 5.41) is 18.4. The second kappa shape index (κ2) is 10.8. The maximum absolute atomic E-state index is 13.0. The third kappa shape index (κ3) is 7.58. The Kier molecular flexibility index (Phi) is 8.87. The Balaban J connectivity index is 2.08. The van der Waals surface area contributed by atoms with Crippen LogP contribution in [0.3, 0.4) is 0 Å². The number of carboxylic acid groups (broad SMARTS) is 1. The van der Waals surface area contributed by atoms with Crippen LogP contribution in [-0.2, 0) is 17.1 Å². The van der Waals surface area contributed by atoms with E-state index in [1.54, 1.807) is 12.2 Å². The molecule has 1 saturated carbocycles. The first-order valence-electron chi connectivity index (χ1n) is 9.90. The number of benzene rings is 1. The quantitative estimate of drug-likeness (QED) is 0.196. The van der Waals surface area contributed by atoms with Crippen molar-refractivity contribution >= 4 is 17.6 Å². The lowest BCUT2D eigenvalue weighted by molar-refractivity contribution is -0.143. The average Bonchev–Trinajstić information content (AvgIpc) is 2.93. The predicted molar refractivity (Wildman–Crippen MR) is 104 cm³/mol. The monoisotopic (exact) mass is 488 g/mol. The molecule has 1 aliphatic rings. The number of hydrogen-bond donors (Lipinski definition) is 2. The number of unbranched alkanes of at least 4 members (excludes halogenated alkanes) is 1. The fraction of sp³-hybridized carbons (Fsp3) is 0.571. The number of hydrogen-bond acceptors (Lipinski definition) is 3. The number of aliphatic hydroxyl groups excluding tert-OH is 1.